The molecule has 0 unspecified atom stereocenters. The van der Waals surface area contributed by atoms with Crippen molar-refractivity contribution in [3.63, 3.8) is 0 Å². The van der Waals surface area contributed by atoms with Crippen molar-refractivity contribution in [3.05, 3.63) is 70.3 Å². The molecule has 0 saturated heterocycles. The molecule has 1 heterocycles. The van der Waals surface area contributed by atoms with Gasteiger partial charge in [0, 0.05) is 19.5 Å². The molecule has 0 aliphatic carbocycles. The molecule has 0 aliphatic heterocycles. The number of anilines is 1. The number of hydrogen-bond donors (Lipinski definition) is 0. The predicted molar refractivity (Wildman–Crippen MR) is 116 cm³/mol. The van der Waals surface area contributed by atoms with Crippen LogP contribution in [0.2, 0.25) is 0 Å². The molecule has 0 atom stereocenters. The zero-order valence-corrected chi connectivity index (χ0v) is 17.4. The number of amides is 1. The molecule has 0 bridgehead atoms. The molecule has 7 heteroatoms. The summed E-state index contributed by atoms with van der Waals surface area (Å²) in [5.41, 5.74) is 2.27. The molecule has 3 rings (SSSR count). The highest BCUT2D eigenvalue weighted by molar-refractivity contribution is 6.02. The van der Waals surface area contributed by atoms with E-state index >= 15 is 0 Å². The third-order valence-electron chi connectivity index (χ3n) is 4.93. The largest absolute Gasteiger partial charge is 0.462 e. The Morgan fingerprint density at radius 3 is 2.60 bits per heavy atom. The summed E-state index contributed by atoms with van der Waals surface area (Å²) in [4.78, 5) is 43.9. The van der Waals surface area contributed by atoms with Gasteiger partial charge in [-0.15, -0.1) is 0 Å². The van der Waals surface area contributed by atoms with Crippen LogP contribution in [0.25, 0.3) is 10.9 Å². The average molecular weight is 407 g/mol. The minimum absolute atomic E-state index is 0.101. The molecule has 0 radical (unpaired) electrons. The number of rotatable bonds is 7. The Labute approximate surface area is 174 Å². The third kappa shape index (κ3) is 4.25. The van der Waals surface area contributed by atoms with Crippen molar-refractivity contribution in [3.8, 4) is 0 Å². The van der Waals surface area contributed by atoms with E-state index in [0.717, 1.165) is 5.56 Å². The van der Waals surface area contributed by atoms with Crippen LogP contribution >= 0.6 is 0 Å². The van der Waals surface area contributed by atoms with Gasteiger partial charge in [0.2, 0.25) is 5.91 Å². The number of carbonyl (C=O) groups excluding carboxylic acids is 2. The number of fused-ring (bicyclic) bond motifs is 1. The van der Waals surface area contributed by atoms with Crippen molar-refractivity contribution >= 4 is 28.5 Å². The topological polar surface area (TPSA) is 81.5 Å². The number of aromatic nitrogens is 2. The van der Waals surface area contributed by atoms with Gasteiger partial charge in [0.05, 0.1) is 35.1 Å². The van der Waals surface area contributed by atoms with Gasteiger partial charge >= 0.3 is 5.97 Å². The molecule has 3 aromatic rings. The molecule has 0 aliphatic rings. The maximum Gasteiger partial charge on any atom is 0.340 e. The summed E-state index contributed by atoms with van der Waals surface area (Å²) < 4.78 is 6.56. The number of ether oxygens (including phenoxy) is 1. The van der Waals surface area contributed by atoms with Gasteiger partial charge in [0.15, 0.2) is 0 Å². The number of hydrogen-bond acceptors (Lipinski definition) is 5. The number of benzene rings is 2. The Balaban J connectivity index is 1.82. The molecular weight excluding hydrogens is 382 g/mol. The van der Waals surface area contributed by atoms with Crippen LogP contribution in [0.4, 0.5) is 5.69 Å². The van der Waals surface area contributed by atoms with E-state index < -0.39 is 5.97 Å². The lowest BCUT2D eigenvalue weighted by Gasteiger charge is -2.23. The van der Waals surface area contributed by atoms with E-state index in [1.165, 1.54) is 15.8 Å². The highest BCUT2D eigenvalue weighted by atomic mass is 16.5. The minimum Gasteiger partial charge on any atom is -0.462 e. The van der Waals surface area contributed by atoms with E-state index in [0.29, 0.717) is 28.7 Å². The van der Waals surface area contributed by atoms with Crippen LogP contribution < -0.4 is 10.5 Å². The van der Waals surface area contributed by atoms with Crippen LogP contribution in [0.5, 0.6) is 0 Å². The van der Waals surface area contributed by atoms with Gasteiger partial charge in [-0.25, -0.2) is 9.78 Å². The summed E-state index contributed by atoms with van der Waals surface area (Å²) in [6.45, 7) is 6.33. The van der Waals surface area contributed by atoms with E-state index in [-0.39, 0.29) is 31.0 Å². The summed E-state index contributed by atoms with van der Waals surface area (Å²) in [7, 11) is 0. The third-order valence-corrected chi connectivity index (χ3v) is 4.93. The molecule has 1 aromatic heterocycles. The molecule has 0 fully saturated rings. The zero-order chi connectivity index (χ0) is 21.7. The highest BCUT2D eigenvalue weighted by Gasteiger charge is 2.21. The van der Waals surface area contributed by atoms with Crippen LogP contribution in [-0.4, -0.2) is 34.6 Å². The fraction of sp³-hybridized carbons (Fsp3) is 0.304. The van der Waals surface area contributed by atoms with Gasteiger partial charge in [-0.3, -0.25) is 14.2 Å². The summed E-state index contributed by atoms with van der Waals surface area (Å²) >= 11 is 0. The molecule has 0 saturated carbocycles. The van der Waals surface area contributed by atoms with Gasteiger partial charge < -0.3 is 9.64 Å². The lowest BCUT2D eigenvalue weighted by atomic mass is 10.1. The van der Waals surface area contributed by atoms with Crippen molar-refractivity contribution in [1.29, 1.82) is 0 Å². The SMILES string of the molecule is CCOC(=O)c1ccccc1N(CC)C(=O)CCn1cnc2c(C)cccc2c1=O. The smallest absolute Gasteiger partial charge is 0.340 e. The van der Waals surface area contributed by atoms with E-state index in [4.69, 9.17) is 4.74 Å². The average Bonchev–Trinajstić information content (AvgIpc) is 2.75. The maximum atomic E-state index is 12.9. The van der Waals surface area contributed by atoms with Crippen molar-refractivity contribution in [1.82, 2.24) is 9.55 Å². The fourth-order valence-corrected chi connectivity index (χ4v) is 3.42. The second-order valence-electron chi connectivity index (χ2n) is 6.84. The van der Waals surface area contributed by atoms with Gasteiger partial charge in [-0.2, -0.15) is 0 Å². The number of nitrogens with zero attached hydrogens (tertiary/aromatic N) is 3. The van der Waals surface area contributed by atoms with Crippen LogP contribution in [0.3, 0.4) is 0 Å². The first-order valence-corrected chi connectivity index (χ1v) is 9.99. The Morgan fingerprint density at radius 2 is 1.87 bits per heavy atom. The number of esters is 1. The summed E-state index contributed by atoms with van der Waals surface area (Å²) in [5, 5.41) is 0.532. The first kappa shape index (κ1) is 21.2. The lowest BCUT2D eigenvalue weighted by molar-refractivity contribution is -0.118. The molecule has 0 spiro atoms. The molecule has 156 valence electrons. The molecule has 7 nitrogen and oxygen atoms in total. The van der Waals surface area contributed by atoms with Gasteiger partial charge in [0.1, 0.15) is 0 Å². The van der Waals surface area contributed by atoms with Crippen LogP contribution in [0, 0.1) is 6.92 Å². The van der Waals surface area contributed by atoms with Gasteiger partial charge in [-0.05, 0) is 44.5 Å². The summed E-state index contributed by atoms with van der Waals surface area (Å²) in [6.07, 6.45) is 1.58. The second kappa shape index (κ2) is 9.35. The Bertz CT molecular complexity index is 1140. The fourth-order valence-electron chi connectivity index (χ4n) is 3.42. The van der Waals surface area contributed by atoms with Crippen LogP contribution in [0.15, 0.2) is 53.6 Å². The predicted octanol–water partition coefficient (Wildman–Crippen LogP) is 3.32. The number of para-hydroxylation sites is 2. The molecule has 30 heavy (non-hydrogen) atoms. The maximum absolute atomic E-state index is 12.9. The quantitative estimate of drug-likeness (QED) is 0.561. The monoisotopic (exact) mass is 407 g/mol. The van der Waals surface area contributed by atoms with E-state index in [9.17, 15) is 14.4 Å². The van der Waals surface area contributed by atoms with Crippen molar-refractivity contribution in [2.45, 2.75) is 33.7 Å². The Morgan fingerprint density at radius 1 is 1.10 bits per heavy atom. The normalized spacial score (nSPS) is 10.8. The molecule has 1 amide bonds. The molecular formula is C23H25N3O4. The molecule has 0 N–H and O–H groups in total. The van der Waals surface area contributed by atoms with Crippen molar-refractivity contribution in [2.75, 3.05) is 18.1 Å². The standard InChI is InChI=1S/C23H25N3O4/c1-4-26(19-12-7-6-10-17(19)23(29)30-5-2)20(27)13-14-25-15-24-21-16(3)9-8-11-18(21)22(25)28/h6-12,15H,4-5,13-14H2,1-3H3. The number of carbonyl (C=O) groups is 2. The lowest BCUT2D eigenvalue weighted by Crippen LogP contribution is -2.33. The number of aryl methyl sites for hydroxylation is 2. The Hall–Kier alpha value is -3.48. The highest BCUT2D eigenvalue weighted by Crippen LogP contribution is 2.22. The van der Waals surface area contributed by atoms with E-state index in [1.54, 1.807) is 37.3 Å². The molecule has 2 aromatic carbocycles. The van der Waals surface area contributed by atoms with Crippen LogP contribution in [0.1, 0.15) is 36.2 Å². The Kier molecular flexibility index (Phi) is 6.61. The zero-order valence-electron chi connectivity index (χ0n) is 17.4. The van der Waals surface area contributed by atoms with Crippen molar-refractivity contribution in [2.24, 2.45) is 0 Å². The first-order valence-electron chi connectivity index (χ1n) is 9.99. The first-order chi connectivity index (χ1) is 14.5. The van der Waals surface area contributed by atoms with Gasteiger partial charge in [-0.1, -0.05) is 24.3 Å². The van der Waals surface area contributed by atoms with Gasteiger partial charge in [0.25, 0.3) is 5.56 Å². The van der Waals surface area contributed by atoms with Crippen molar-refractivity contribution < 1.29 is 14.3 Å². The van der Waals surface area contributed by atoms with E-state index in [2.05, 4.69) is 4.98 Å². The van der Waals surface area contributed by atoms with E-state index in [1.807, 2.05) is 26.0 Å². The summed E-state index contributed by atoms with van der Waals surface area (Å²) in [6, 6.07) is 12.3. The van der Waals surface area contributed by atoms with Crippen LogP contribution in [-0.2, 0) is 16.1 Å². The second-order valence-corrected chi connectivity index (χ2v) is 6.84. The summed E-state index contributed by atoms with van der Waals surface area (Å²) in [5.74, 6) is -0.657. The minimum atomic E-state index is -0.468.